The Kier molecular flexibility index (Phi) is 4.52. The van der Waals surface area contributed by atoms with Crippen LogP contribution in [0.3, 0.4) is 0 Å². The first kappa shape index (κ1) is 17.2. The number of sulfonamides is 1. The molecule has 0 aromatic heterocycles. The minimum absolute atomic E-state index is 0.0206. The fourth-order valence-electron chi connectivity index (χ4n) is 3.43. The zero-order valence-corrected chi connectivity index (χ0v) is 14.0. The molecule has 24 heavy (non-hydrogen) atoms. The summed E-state index contributed by atoms with van der Waals surface area (Å²) in [6, 6.07) is 5.86. The number of nitrogens with one attached hydrogen (secondary N) is 2. The Morgan fingerprint density at radius 2 is 1.83 bits per heavy atom. The quantitative estimate of drug-likeness (QED) is 0.525. The fourth-order valence-corrected chi connectivity index (χ4v) is 4.82. The van der Waals surface area contributed by atoms with E-state index in [-0.39, 0.29) is 29.9 Å². The normalized spacial score (nSPS) is 29.2. The van der Waals surface area contributed by atoms with Gasteiger partial charge in [-0.2, -0.15) is 4.72 Å². The van der Waals surface area contributed by atoms with Crippen LogP contribution in [0.2, 0.25) is 0 Å². The SMILES string of the molecule is COc1ccc(S(=O)(=O)NC2(C(=O)NO)C[C@H]3CC[C@@H](C2)O3)cc1. The minimum atomic E-state index is -3.95. The Morgan fingerprint density at radius 1 is 1.25 bits per heavy atom. The number of ether oxygens (including phenoxy) is 2. The maximum atomic E-state index is 12.7. The molecule has 1 unspecified atom stereocenters. The van der Waals surface area contributed by atoms with E-state index >= 15 is 0 Å². The molecule has 0 radical (unpaired) electrons. The average Bonchev–Trinajstić information content (AvgIpc) is 2.92. The van der Waals surface area contributed by atoms with E-state index in [1.165, 1.54) is 31.4 Å². The third-order valence-electron chi connectivity index (χ3n) is 4.58. The molecule has 9 heteroatoms. The summed E-state index contributed by atoms with van der Waals surface area (Å²) in [7, 11) is -2.46. The summed E-state index contributed by atoms with van der Waals surface area (Å²) in [5.41, 5.74) is 0.176. The summed E-state index contributed by atoms with van der Waals surface area (Å²) in [4.78, 5) is 12.3. The molecule has 0 aliphatic carbocycles. The van der Waals surface area contributed by atoms with E-state index < -0.39 is 21.5 Å². The van der Waals surface area contributed by atoms with E-state index in [1.54, 1.807) is 5.48 Å². The van der Waals surface area contributed by atoms with Gasteiger partial charge in [-0.15, -0.1) is 0 Å². The van der Waals surface area contributed by atoms with Crippen LogP contribution in [0.1, 0.15) is 25.7 Å². The molecule has 2 saturated heterocycles. The van der Waals surface area contributed by atoms with Crippen LogP contribution in [-0.4, -0.2) is 44.4 Å². The maximum Gasteiger partial charge on any atom is 0.264 e. The van der Waals surface area contributed by atoms with Crippen LogP contribution in [0, 0.1) is 0 Å². The van der Waals surface area contributed by atoms with Crippen molar-refractivity contribution in [1.82, 2.24) is 10.2 Å². The van der Waals surface area contributed by atoms with Gasteiger partial charge in [-0.3, -0.25) is 10.0 Å². The molecule has 1 aromatic rings. The van der Waals surface area contributed by atoms with Gasteiger partial charge in [0.2, 0.25) is 10.0 Å². The highest BCUT2D eigenvalue weighted by molar-refractivity contribution is 7.89. The van der Waals surface area contributed by atoms with Crippen molar-refractivity contribution in [2.75, 3.05) is 7.11 Å². The summed E-state index contributed by atoms with van der Waals surface area (Å²) < 4.78 is 38.6. The number of hydrogen-bond acceptors (Lipinski definition) is 6. The second-order valence-electron chi connectivity index (χ2n) is 6.17. The van der Waals surface area contributed by atoms with Crippen molar-refractivity contribution >= 4 is 15.9 Å². The van der Waals surface area contributed by atoms with Crippen molar-refractivity contribution in [3.63, 3.8) is 0 Å². The predicted molar refractivity (Wildman–Crippen MR) is 83.1 cm³/mol. The van der Waals surface area contributed by atoms with Crippen LogP contribution in [0.15, 0.2) is 29.2 Å². The van der Waals surface area contributed by atoms with Gasteiger partial charge in [0, 0.05) is 12.8 Å². The Hall–Kier alpha value is -1.68. The number of fused-ring (bicyclic) bond motifs is 2. The maximum absolute atomic E-state index is 12.7. The van der Waals surface area contributed by atoms with Gasteiger partial charge >= 0.3 is 0 Å². The van der Waals surface area contributed by atoms with Crippen LogP contribution in [-0.2, 0) is 19.6 Å². The summed E-state index contributed by atoms with van der Waals surface area (Å²) >= 11 is 0. The van der Waals surface area contributed by atoms with Crippen molar-refractivity contribution in [3.8, 4) is 5.75 Å². The van der Waals surface area contributed by atoms with Crippen LogP contribution in [0.5, 0.6) is 5.75 Å². The van der Waals surface area contributed by atoms with Gasteiger partial charge in [0.25, 0.3) is 5.91 Å². The average molecular weight is 356 g/mol. The molecule has 2 aliphatic rings. The number of carbonyl (C=O) groups excluding carboxylic acids is 1. The number of rotatable bonds is 5. The van der Waals surface area contributed by atoms with E-state index in [9.17, 15) is 13.2 Å². The molecule has 3 rings (SSSR count). The van der Waals surface area contributed by atoms with Gasteiger partial charge in [0.15, 0.2) is 0 Å². The first-order valence-corrected chi connectivity index (χ1v) is 9.15. The van der Waals surface area contributed by atoms with Gasteiger partial charge in [0.05, 0.1) is 24.2 Å². The van der Waals surface area contributed by atoms with Gasteiger partial charge in [-0.05, 0) is 37.1 Å². The van der Waals surface area contributed by atoms with E-state index in [0.717, 1.165) is 12.8 Å². The molecule has 3 atom stereocenters. The highest BCUT2D eigenvalue weighted by Crippen LogP contribution is 2.39. The Labute approximate surface area is 140 Å². The molecule has 2 heterocycles. The Morgan fingerprint density at radius 3 is 2.33 bits per heavy atom. The molecule has 8 nitrogen and oxygen atoms in total. The molecule has 2 aliphatic heterocycles. The second-order valence-corrected chi connectivity index (χ2v) is 7.85. The lowest BCUT2D eigenvalue weighted by Gasteiger charge is -2.38. The summed E-state index contributed by atoms with van der Waals surface area (Å²) in [6.45, 7) is 0. The highest BCUT2D eigenvalue weighted by Gasteiger charge is 2.51. The van der Waals surface area contributed by atoms with Gasteiger partial charge in [-0.25, -0.2) is 13.9 Å². The zero-order chi connectivity index (χ0) is 17.4. The molecule has 132 valence electrons. The van der Waals surface area contributed by atoms with Crippen molar-refractivity contribution in [2.45, 2.75) is 48.3 Å². The number of hydrogen-bond donors (Lipinski definition) is 3. The number of methoxy groups -OCH3 is 1. The lowest BCUT2D eigenvalue weighted by atomic mass is 9.87. The fraction of sp³-hybridized carbons (Fsp3) is 0.533. The molecule has 0 saturated carbocycles. The summed E-state index contributed by atoms with van der Waals surface area (Å²) in [5, 5.41) is 9.09. The van der Waals surface area contributed by atoms with Crippen LogP contribution in [0.25, 0.3) is 0 Å². The molecule has 3 N–H and O–H groups in total. The van der Waals surface area contributed by atoms with Crippen LogP contribution in [0.4, 0.5) is 0 Å². The molecular weight excluding hydrogens is 336 g/mol. The zero-order valence-electron chi connectivity index (χ0n) is 13.2. The van der Waals surface area contributed by atoms with Gasteiger partial charge in [-0.1, -0.05) is 0 Å². The third-order valence-corrected chi connectivity index (χ3v) is 6.14. The lowest BCUT2D eigenvalue weighted by molar-refractivity contribution is -0.142. The van der Waals surface area contributed by atoms with E-state index in [0.29, 0.717) is 5.75 Å². The smallest absolute Gasteiger partial charge is 0.264 e. The number of benzene rings is 1. The standard InChI is InChI=1S/C15H20N2O6S/c1-22-10-4-6-13(7-5-10)24(20,21)17-15(14(18)16-19)8-11-2-3-12(9-15)23-11/h4-7,11-12,17,19H,2-3,8-9H2,1H3,(H,16,18)/t11-,12+,15?. The predicted octanol–water partition coefficient (Wildman–Crippen LogP) is 0.559. The minimum Gasteiger partial charge on any atom is -0.497 e. The largest absolute Gasteiger partial charge is 0.497 e. The van der Waals surface area contributed by atoms with Crippen molar-refractivity contribution in [1.29, 1.82) is 0 Å². The van der Waals surface area contributed by atoms with Crippen molar-refractivity contribution in [2.24, 2.45) is 0 Å². The van der Waals surface area contributed by atoms with Crippen molar-refractivity contribution < 1.29 is 27.9 Å². The Bertz CT molecular complexity index is 706. The third kappa shape index (κ3) is 3.12. The van der Waals surface area contributed by atoms with Crippen molar-refractivity contribution in [3.05, 3.63) is 24.3 Å². The van der Waals surface area contributed by atoms with E-state index in [2.05, 4.69) is 4.72 Å². The molecule has 1 amide bonds. The highest BCUT2D eigenvalue weighted by atomic mass is 32.2. The molecule has 2 bridgehead atoms. The summed E-state index contributed by atoms with van der Waals surface area (Å²) in [6.07, 6.45) is 1.53. The van der Waals surface area contributed by atoms with Crippen LogP contribution >= 0.6 is 0 Å². The van der Waals surface area contributed by atoms with E-state index in [4.69, 9.17) is 14.7 Å². The number of amides is 1. The molecule has 0 spiro atoms. The summed E-state index contributed by atoms with van der Waals surface area (Å²) in [5.74, 6) is -0.235. The Balaban J connectivity index is 1.90. The molecule has 2 fully saturated rings. The lowest BCUT2D eigenvalue weighted by Crippen LogP contribution is -2.62. The first-order chi connectivity index (χ1) is 11.4. The number of hydroxylamine groups is 1. The second kappa shape index (κ2) is 6.32. The van der Waals surface area contributed by atoms with E-state index in [1.807, 2.05) is 0 Å². The monoisotopic (exact) mass is 356 g/mol. The van der Waals surface area contributed by atoms with Gasteiger partial charge < -0.3 is 9.47 Å². The first-order valence-electron chi connectivity index (χ1n) is 7.66. The van der Waals surface area contributed by atoms with Gasteiger partial charge in [0.1, 0.15) is 11.3 Å². The topological polar surface area (TPSA) is 114 Å². The number of carbonyl (C=O) groups is 1. The molecular formula is C15H20N2O6S. The van der Waals surface area contributed by atoms with Crippen LogP contribution < -0.4 is 14.9 Å². The molecule has 1 aromatic carbocycles.